The SMILES string of the molecule is CC(=O)c1cccc(NC(=O)Nc2ccc3ncn(C4CCCCC4)c(=O)c3c2)c1. The molecule has 30 heavy (non-hydrogen) atoms. The zero-order chi connectivity index (χ0) is 21.1. The summed E-state index contributed by atoms with van der Waals surface area (Å²) >= 11 is 0. The van der Waals surface area contributed by atoms with Crippen molar-refractivity contribution < 1.29 is 9.59 Å². The van der Waals surface area contributed by atoms with Gasteiger partial charge in [0.25, 0.3) is 5.56 Å². The molecule has 0 spiro atoms. The maximum absolute atomic E-state index is 13.0. The zero-order valence-corrected chi connectivity index (χ0v) is 16.9. The van der Waals surface area contributed by atoms with Crippen LogP contribution in [0.4, 0.5) is 16.2 Å². The normalized spacial score (nSPS) is 14.4. The molecule has 1 fully saturated rings. The topological polar surface area (TPSA) is 93.1 Å². The van der Waals surface area contributed by atoms with Crippen molar-refractivity contribution in [2.75, 3.05) is 10.6 Å². The van der Waals surface area contributed by atoms with Crippen molar-refractivity contribution in [2.24, 2.45) is 0 Å². The summed E-state index contributed by atoms with van der Waals surface area (Å²) in [4.78, 5) is 41.4. The van der Waals surface area contributed by atoms with E-state index < -0.39 is 6.03 Å². The van der Waals surface area contributed by atoms with E-state index in [0.29, 0.717) is 27.8 Å². The molecule has 1 aliphatic carbocycles. The first-order valence-electron chi connectivity index (χ1n) is 10.2. The van der Waals surface area contributed by atoms with Crippen LogP contribution in [0.1, 0.15) is 55.4 Å². The van der Waals surface area contributed by atoms with Crippen molar-refractivity contribution >= 4 is 34.1 Å². The van der Waals surface area contributed by atoms with Gasteiger partial charge in [0.2, 0.25) is 0 Å². The first kappa shape index (κ1) is 19.8. The molecular weight excluding hydrogens is 380 g/mol. The van der Waals surface area contributed by atoms with Crippen LogP contribution in [0.3, 0.4) is 0 Å². The monoisotopic (exact) mass is 404 g/mol. The second-order valence-corrected chi connectivity index (χ2v) is 7.70. The van der Waals surface area contributed by atoms with E-state index in [1.165, 1.54) is 13.3 Å². The van der Waals surface area contributed by atoms with E-state index in [1.54, 1.807) is 53.4 Å². The highest BCUT2D eigenvalue weighted by atomic mass is 16.2. The number of Topliss-reactive ketones (excluding diaryl/α,β-unsaturated/α-hetero) is 1. The summed E-state index contributed by atoms with van der Waals surface area (Å²) < 4.78 is 1.73. The van der Waals surface area contributed by atoms with Crippen molar-refractivity contribution in [3.05, 3.63) is 64.7 Å². The van der Waals surface area contributed by atoms with Crippen LogP contribution in [0, 0.1) is 0 Å². The van der Waals surface area contributed by atoms with Gasteiger partial charge >= 0.3 is 6.03 Å². The first-order valence-corrected chi connectivity index (χ1v) is 10.2. The van der Waals surface area contributed by atoms with Gasteiger partial charge in [0, 0.05) is 23.0 Å². The van der Waals surface area contributed by atoms with Crippen LogP contribution in [-0.2, 0) is 0 Å². The maximum Gasteiger partial charge on any atom is 0.323 e. The molecule has 0 unspecified atom stereocenters. The molecule has 0 aliphatic heterocycles. The fourth-order valence-electron chi connectivity index (χ4n) is 3.94. The summed E-state index contributed by atoms with van der Waals surface area (Å²) in [7, 11) is 0. The Labute approximate surface area is 174 Å². The third kappa shape index (κ3) is 4.25. The van der Waals surface area contributed by atoms with E-state index in [0.717, 1.165) is 25.7 Å². The number of hydrogen-bond donors (Lipinski definition) is 2. The number of anilines is 2. The predicted octanol–water partition coefficient (Wildman–Crippen LogP) is 4.75. The molecule has 2 amide bonds. The van der Waals surface area contributed by atoms with Crippen LogP contribution in [0.5, 0.6) is 0 Å². The second-order valence-electron chi connectivity index (χ2n) is 7.70. The molecule has 7 nitrogen and oxygen atoms in total. The van der Waals surface area contributed by atoms with Crippen LogP contribution < -0.4 is 16.2 Å². The van der Waals surface area contributed by atoms with Crippen molar-refractivity contribution in [1.82, 2.24) is 9.55 Å². The lowest BCUT2D eigenvalue weighted by atomic mass is 9.95. The zero-order valence-electron chi connectivity index (χ0n) is 16.9. The molecule has 1 aliphatic rings. The maximum atomic E-state index is 13.0. The van der Waals surface area contributed by atoms with Gasteiger partial charge in [-0.15, -0.1) is 0 Å². The summed E-state index contributed by atoms with van der Waals surface area (Å²) in [6, 6.07) is 11.6. The minimum atomic E-state index is -0.452. The number of ketones is 1. The predicted molar refractivity (Wildman–Crippen MR) is 117 cm³/mol. The molecule has 2 aromatic carbocycles. The molecule has 154 valence electrons. The quantitative estimate of drug-likeness (QED) is 0.614. The van der Waals surface area contributed by atoms with Crippen molar-refractivity contribution in [2.45, 2.75) is 45.1 Å². The fraction of sp³-hybridized carbons (Fsp3) is 0.304. The molecule has 0 bridgehead atoms. The van der Waals surface area contributed by atoms with Gasteiger partial charge in [-0.1, -0.05) is 31.4 Å². The van der Waals surface area contributed by atoms with Crippen LogP contribution in [0.2, 0.25) is 0 Å². The van der Waals surface area contributed by atoms with Crippen LogP contribution in [0.25, 0.3) is 10.9 Å². The van der Waals surface area contributed by atoms with Gasteiger partial charge in [0.15, 0.2) is 5.78 Å². The van der Waals surface area contributed by atoms with E-state index >= 15 is 0 Å². The van der Waals surface area contributed by atoms with Gasteiger partial charge in [-0.3, -0.25) is 14.2 Å². The Kier molecular flexibility index (Phi) is 5.61. The first-order chi connectivity index (χ1) is 14.5. The van der Waals surface area contributed by atoms with Gasteiger partial charge in [-0.05, 0) is 50.1 Å². The molecule has 1 heterocycles. The Morgan fingerprint density at radius 1 is 1.00 bits per heavy atom. The minimum absolute atomic E-state index is 0.0738. The number of fused-ring (bicyclic) bond motifs is 1. The lowest BCUT2D eigenvalue weighted by Gasteiger charge is -2.23. The highest BCUT2D eigenvalue weighted by molar-refractivity contribution is 6.02. The summed E-state index contributed by atoms with van der Waals surface area (Å²) in [6.07, 6.45) is 7.09. The van der Waals surface area contributed by atoms with E-state index in [2.05, 4.69) is 15.6 Å². The fourth-order valence-corrected chi connectivity index (χ4v) is 3.94. The number of hydrogen-bond acceptors (Lipinski definition) is 4. The molecule has 0 atom stereocenters. The Morgan fingerprint density at radius 3 is 2.47 bits per heavy atom. The van der Waals surface area contributed by atoms with Crippen molar-refractivity contribution in [1.29, 1.82) is 0 Å². The molecule has 0 saturated heterocycles. The number of nitrogens with zero attached hydrogens (tertiary/aromatic N) is 2. The Bertz CT molecular complexity index is 1160. The average molecular weight is 404 g/mol. The van der Waals surface area contributed by atoms with Gasteiger partial charge in [0.1, 0.15) is 0 Å². The van der Waals surface area contributed by atoms with Gasteiger partial charge in [0.05, 0.1) is 17.2 Å². The number of urea groups is 1. The third-order valence-electron chi connectivity index (χ3n) is 5.54. The van der Waals surface area contributed by atoms with Crippen LogP contribution in [-0.4, -0.2) is 21.4 Å². The minimum Gasteiger partial charge on any atom is -0.308 e. The van der Waals surface area contributed by atoms with Crippen LogP contribution >= 0.6 is 0 Å². The summed E-state index contributed by atoms with van der Waals surface area (Å²) in [5.74, 6) is -0.0738. The second kappa shape index (κ2) is 8.49. The Balaban J connectivity index is 1.54. The molecule has 3 aromatic rings. The number of amides is 2. The molecule has 2 N–H and O–H groups in total. The number of nitrogens with one attached hydrogen (secondary N) is 2. The molecule has 0 radical (unpaired) electrons. The molecule has 1 saturated carbocycles. The molecule has 4 rings (SSSR count). The van der Waals surface area contributed by atoms with E-state index in [4.69, 9.17) is 0 Å². The largest absolute Gasteiger partial charge is 0.323 e. The van der Waals surface area contributed by atoms with Crippen molar-refractivity contribution in [3.63, 3.8) is 0 Å². The smallest absolute Gasteiger partial charge is 0.308 e. The van der Waals surface area contributed by atoms with E-state index in [1.807, 2.05) is 0 Å². The summed E-state index contributed by atoms with van der Waals surface area (Å²) in [5, 5.41) is 5.94. The highest BCUT2D eigenvalue weighted by Gasteiger charge is 2.18. The lowest BCUT2D eigenvalue weighted by molar-refractivity contribution is 0.101. The Hall–Kier alpha value is -3.48. The number of benzene rings is 2. The standard InChI is InChI=1S/C23H24N4O3/c1-15(28)16-6-5-7-17(12-16)25-23(30)26-18-10-11-21-20(13-18)22(29)27(14-24-21)19-8-3-2-4-9-19/h5-7,10-14,19H,2-4,8-9H2,1H3,(H2,25,26,30). The summed E-state index contributed by atoms with van der Waals surface area (Å²) in [5.41, 5.74) is 2.07. The van der Waals surface area contributed by atoms with E-state index in [-0.39, 0.29) is 17.4 Å². The van der Waals surface area contributed by atoms with Gasteiger partial charge in [-0.2, -0.15) is 0 Å². The van der Waals surface area contributed by atoms with Gasteiger partial charge < -0.3 is 10.6 Å². The molecule has 1 aromatic heterocycles. The number of carbonyl (C=O) groups is 2. The van der Waals surface area contributed by atoms with Crippen LogP contribution in [0.15, 0.2) is 53.6 Å². The third-order valence-corrected chi connectivity index (χ3v) is 5.54. The van der Waals surface area contributed by atoms with Crippen molar-refractivity contribution in [3.8, 4) is 0 Å². The average Bonchev–Trinajstić information content (AvgIpc) is 2.75. The lowest BCUT2D eigenvalue weighted by Crippen LogP contribution is -2.27. The number of carbonyl (C=O) groups excluding carboxylic acids is 2. The Morgan fingerprint density at radius 2 is 1.73 bits per heavy atom. The summed E-state index contributed by atoms with van der Waals surface area (Å²) in [6.45, 7) is 1.47. The number of rotatable bonds is 4. The number of aromatic nitrogens is 2. The molecular formula is C23H24N4O3. The highest BCUT2D eigenvalue weighted by Crippen LogP contribution is 2.27. The van der Waals surface area contributed by atoms with E-state index in [9.17, 15) is 14.4 Å². The molecule has 7 heteroatoms. The van der Waals surface area contributed by atoms with Gasteiger partial charge in [-0.25, -0.2) is 9.78 Å².